The number of nitriles is 1. The van der Waals surface area contributed by atoms with Gasteiger partial charge in [0.2, 0.25) is 5.89 Å². The first-order valence-electron chi connectivity index (χ1n) is 3.55. The van der Waals surface area contributed by atoms with E-state index in [1.807, 2.05) is 13.0 Å². The summed E-state index contributed by atoms with van der Waals surface area (Å²) in [6.45, 7) is 1.96. The monoisotopic (exact) mass is 151 g/mol. The lowest BCUT2D eigenvalue weighted by molar-refractivity contribution is 0.374. The fourth-order valence-corrected chi connectivity index (χ4v) is 0.698. The van der Waals surface area contributed by atoms with E-state index in [2.05, 4.69) is 10.1 Å². The lowest BCUT2D eigenvalue weighted by Gasteiger charge is -1.81. The summed E-state index contributed by atoms with van der Waals surface area (Å²) in [4.78, 5) is 4.04. The molecule has 11 heavy (non-hydrogen) atoms. The molecule has 0 amide bonds. The predicted molar refractivity (Wildman–Crippen MR) is 37.6 cm³/mol. The molecule has 0 bridgehead atoms. The molecule has 1 aromatic rings. The molecule has 0 unspecified atom stereocenters. The van der Waals surface area contributed by atoms with Crippen molar-refractivity contribution in [2.45, 2.75) is 26.2 Å². The molecule has 0 aliphatic carbocycles. The first-order chi connectivity index (χ1) is 5.36. The summed E-state index contributed by atoms with van der Waals surface area (Å²) < 4.78 is 4.85. The molecule has 0 aromatic carbocycles. The third kappa shape index (κ3) is 2.04. The van der Waals surface area contributed by atoms with Gasteiger partial charge in [-0.2, -0.15) is 10.2 Å². The number of nitrogens with zero attached hydrogens (tertiary/aromatic N) is 3. The maximum absolute atomic E-state index is 8.25. The van der Waals surface area contributed by atoms with Crippen LogP contribution in [0, 0.1) is 11.3 Å². The molecule has 0 saturated heterocycles. The Bertz CT molecular complexity index is 261. The van der Waals surface area contributed by atoms with Crippen LogP contribution >= 0.6 is 0 Å². The van der Waals surface area contributed by atoms with Crippen molar-refractivity contribution in [3.63, 3.8) is 0 Å². The molecule has 0 N–H and O–H groups in total. The number of aryl methyl sites for hydroxylation is 2. The Kier molecular flexibility index (Phi) is 2.61. The summed E-state index contributed by atoms with van der Waals surface area (Å²) in [6.07, 6.45) is 1.77. The van der Waals surface area contributed by atoms with Gasteiger partial charge < -0.3 is 4.52 Å². The van der Waals surface area contributed by atoms with E-state index in [0.717, 1.165) is 6.42 Å². The van der Waals surface area contributed by atoms with E-state index in [1.54, 1.807) is 0 Å². The molecule has 0 fully saturated rings. The highest BCUT2D eigenvalue weighted by Crippen LogP contribution is 2.00. The van der Waals surface area contributed by atoms with Crippen LogP contribution in [0.2, 0.25) is 0 Å². The zero-order valence-electron chi connectivity index (χ0n) is 6.37. The van der Waals surface area contributed by atoms with Crippen LogP contribution in [0.5, 0.6) is 0 Å². The Morgan fingerprint density at radius 1 is 1.64 bits per heavy atom. The Morgan fingerprint density at radius 2 is 2.45 bits per heavy atom. The van der Waals surface area contributed by atoms with Crippen molar-refractivity contribution in [2.75, 3.05) is 0 Å². The SMILES string of the molecule is CCc1noc(CCC#N)n1. The third-order valence-electron chi connectivity index (χ3n) is 1.28. The first kappa shape index (κ1) is 7.73. The lowest BCUT2D eigenvalue weighted by atomic mass is 10.3. The fraction of sp³-hybridized carbons (Fsp3) is 0.571. The van der Waals surface area contributed by atoms with Gasteiger partial charge in [-0.25, -0.2) is 0 Å². The van der Waals surface area contributed by atoms with Crippen molar-refractivity contribution in [2.24, 2.45) is 0 Å². The molecule has 0 atom stereocenters. The van der Waals surface area contributed by atoms with Crippen molar-refractivity contribution in [1.29, 1.82) is 5.26 Å². The van der Waals surface area contributed by atoms with Gasteiger partial charge in [0.25, 0.3) is 0 Å². The molecule has 0 saturated carbocycles. The smallest absolute Gasteiger partial charge is 0.227 e. The summed E-state index contributed by atoms with van der Waals surface area (Å²) in [6, 6.07) is 2.02. The van der Waals surface area contributed by atoms with Gasteiger partial charge in [0.05, 0.1) is 6.07 Å². The number of hydrogen-bond donors (Lipinski definition) is 0. The molecule has 0 radical (unpaired) electrons. The molecule has 1 rings (SSSR count). The number of rotatable bonds is 3. The molecule has 58 valence electrons. The predicted octanol–water partition coefficient (Wildman–Crippen LogP) is 1.09. The third-order valence-corrected chi connectivity index (χ3v) is 1.28. The summed E-state index contributed by atoms with van der Waals surface area (Å²) >= 11 is 0. The van der Waals surface area contributed by atoms with Crippen LogP contribution in [0.1, 0.15) is 25.1 Å². The largest absolute Gasteiger partial charge is 0.339 e. The normalized spacial score (nSPS) is 9.45. The van der Waals surface area contributed by atoms with Gasteiger partial charge in [0.15, 0.2) is 5.82 Å². The van der Waals surface area contributed by atoms with E-state index in [1.165, 1.54) is 0 Å². The highest BCUT2D eigenvalue weighted by atomic mass is 16.5. The molecule has 0 aliphatic rings. The Balaban J connectivity index is 2.53. The van der Waals surface area contributed by atoms with Gasteiger partial charge in [0, 0.05) is 19.3 Å². The van der Waals surface area contributed by atoms with Crippen LogP contribution in [-0.4, -0.2) is 10.1 Å². The number of hydrogen-bond acceptors (Lipinski definition) is 4. The summed E-state index contributed by atoms with van der Waals surface area (Å²) in [5, 5.41) is 11.9. The second-order valence-electron chi connectivity index (χ2n) is 2.12. The van der Waals surface area contributed by atoms with E-state index in [4.69, 9.17) is 9.78 Å². The minimum atomic E-state index is 0.436. The summed E-state index contributed by atoms with van der Waals surface area (Å²) in [7, 11) is 0. The molecular weight excluding hydrogens is 142 g/mol. The van der Waals surface area contributed by atoms with Gasteiger partial charge in [0.1, 0.15) is 0 Å². The van der Waals surface area contributed by atoms with E-state index in [-0.39, 0.29) is 0 Å². The second-order valence-corrected chi connectivity index (χ2v) is 2.12. The Morgan fingerprint density at radius 3 is 3.00 bits per heavy atom. The van der Waals surface area contributed by atoms with Crippen LogP contribution in [0.15, 0.2) is 4.52 Å². The van der Waals surface area contributed by atoms with Gasteiger partial charge in [-0.3, -0.25) is 0 Å². The van der Waals surface area contributed by atoms with Crippen LogP contribution in [0.25, 0.3) is 0 Å². The van der Waals surface area contributed by atoms with E-state index >= 15 is 0 Å². The highest BCUT2D eigenvalue weighted by Gasteiger charge is 2.02. The van der Waals surface area contributed by atoms with Crippen LogP contribution in [0.3, 0.4) is 0 Å². The zero-order valence-corrected chi connectivity index (χ0v) is 6.37. The van der Waals surface area contributed by atoms with Crippen molar-refractivity contribution in [3.05, 3.63) is 11.7 Å². The quantitative estimate of drug-likeness (QED) is 0.648. The fourth-order valence-electron chi connectivity index (χ4n) is 0.698. The zero-order chi connectivity index (χ0) is 8.10. The number of aromatic nitrogens is 2. The molecular formula is C7H9N3O. The second kappa shape index (κ2) is 3.71. The minimum absolute atomic E-state index is 0.436. The first-order valence-corrected chi connectivity index (χ1v) is 3.55. The molecule has 0 aliphatic heterocycles. The van der Waals surface area contributed by atoms with Gasteiger partial charge in [-0.05, 0) is 0 Å². The van der Waals surface area contributed by atoms with Crippen LogP contribution < -0.4 is 0 Å². The van der Waals surface area contributed by atoms with Crippen LogP contribution in [0.4, 0.5) is 0 Å². The molecule has 4 nitrogen and oxygen atoms in total. The average molecular weight is 151 g/mol. The molecule has 0 spiro atoms. The van der Waals surface area contributed by atoms with Crippen molar-refractivity contribution in [1.82, 2.24) is 10.1 Å². The van der Waals surface area contributed by atoms with Gasteiger partial charge in [-0.1, -0.05) is 12.1 Å². The van der Waals surface area contributed by atoms with Crippen molar-refractivity contribution < 1.29 is 4.52 Å². The standard InChI is InChI=1S/C7H9N3O/c1-2-6-9-7(11-10-6)4-3-5-8/h2-4H2,1H3. The van der Waals surface area contributed by atoms with Crippen molar-refractivity contribution in [3.8, 4) is 6.07 Å². The maximum Gasteiger partial charge on any atom is 0.227 e. The molecule has 4 heteroatoms. The van der Waals surface area contributed by atoms with E-state index in [0.29, 0.717) is 24.6 Å². The van der Waals surface area contributed by atoms with Crippen LogP contribution in [-0.2, 0) is 12.8 Å². The highest BCUT2D eigenvalue weighted by molar-refractivity contribution is 4.88. The Labute approximate surface area is 64.8 Å². The van der Waals surface area contributed by atoms with E-state index < -0.39 is 0 Å². The molecule has 1 heterocycles. The topological polar surface area (TPSA) is 62.7 Å². The van der Waals surface area contributed by atoms with Gasteiger partial charge in [-0.15, -0.1) is 0 Å². The van der Waals surface area contributed by atoms with E-state index in [9.17, 15) is 0 Å². The molecule has 1 aromatic heterocycles. The lowest BCUT2D eigenvalue weighted by Crippen LogP contribution is -1.85. The minimum Gasteiger partial charge on any atom is -0.339 e. The Hall–Kier alpha value is -1.37. The average Bonchev–Trinajstić information content (AvgIpc) is 2.48. The maximum atomic E-state index is 8.25. The summed E-state index contributed by atoms with van der Waals surface area (Å²) in [5.41, 5.74) is 0. The van der Waals surface area contributed by atoms with Gasteiger partial charge >= 0.3 is 0 Å². The summed E-state index contributed by atoms with van der Waals surface area (Å²) in [5.74, 6) is 1.27. The van der Waals surface area contributed by atoms with Crippen molar-refractivity contribution >= 4 is 0 Å².